The lowest BCUT2D eigenvalue weighted by Crippen LogP contribution is -2.18. The second kappa shape index (κ2) is 10.3. The topological polar surface area (TPSA) is 17.8 Å². The lowest BCUT2D eigenvalue weighted by Gasteiger charge is -2.26. The van der Waals surface area contributed by atoms with Gasteiger partial charge in [-0.15, -0.1) is 11.3 Å². The summed E-state index contributed by atoms with van der Waals surface area (Å²) in [5.74, 6) is 0.602. The molecule has 2 aromatic heterocycles. The Morgan fingerprint density at radius 2 is 1.39 bits per heavy atom. The van der Waals surface area contributed by atoms with Crippen LogP contribution in [0.5, 0.6) is 0 Å². The molecule has 6 aromatic carbocycles. The van der Waals surface area contributed by atoms with E-state index in [0.29, 0.717) is 5.56 Å². The number of hydrogen-bond donors (Lipinski definition) is 0. The van der Waals surface area contributed by atoms with Gasteiger partial charge in [0.25, 0.3) is 0 Å². The Labute approximate surface area is 259 Å². The van der Waals surface area contributed by atoms with Crippen LogP contribution in [-0.2, 0) is 5.41 Å². The van der Waals surface area contributed by atoms with Gasteiger partial charge in [-0.3, -0.25) is 4.57 Å². The monoisotopic (exact) mass is 588 g/mol. The molecule has 0 aliphatic rings. The maximum atomic E-state index is 15.2. The highest BCUT2D eigenvalue weighted by molar-refractivity contribution is 7.26. The number of fused-ring (bicyclic) bond motifs is 4. The molecule has 0 radical (unpaired) electrons. The molecule has 0 aliphatic heterocycles. The molecular formula is C40H29FN2S. The van der Waals surface area contributed by atoms with Gasteiger partial charge in [0.2, 0.25) is 0 Å². The summed E-state index contributed by atoms with van der Waals surface area (Å²) >= 11 is 1.81. The summed E-state index contributed by atoms with van der Waals surface area (Å²) < 4.78 is 19.8. The van der Waals surface area contributed by atoms with Gasteiger partial charge in [-0.1, -0.05) is 111 Å². The van der Waals surface area contributed by atoms with Crippen LogP contribution in [0, 0.1) is 5.82 Å². The highest BCUT2D eigenvalue weighted by atomic mass is 32.1. The van der Waals surface area contributed by atoms with E-state index in [0.717, 1.165) is 33.7 Å². The van der Waals surface area contributed by atoms with Crippen molar-refractivity contribution in [1.29, 1.82) is 0 Å². The van der Waals surface area contributed by atoms with Gasteiger partial charge in [0.05, 0.1) is 11.0 Å². The average molecular weight is 589 g/mol. The Morgan fingerprint density at radius 3 is 2.20 bits per heavy atom. The van der Waals surface area contributed by atoms with Crippen molar-refractivity contribution in [3.63, 3.8) is 0 Å². The zero-order valence-electron chi connectivity index (χ0n) is 24.5. The van der Waals surface area contributed by atoms with E-state index in [4.69, 9.17) is 4.98 Å². The van der Waals surface area contributed by atoms with Gasteiger partial charge < -0.3 is 0 Å². The number of nitrogens with zero attached hydrogens (tertiary/aromatic N) is 2. The number of thiophene rings is 1. The van der Waals surface area contributed by atoms with Crippen molar-refractivity contribution < 1.29 is 4.39 Å². The normalized spacial score (nSPS) is 12.0. The SMILES string of the molecule is CC(C)(c1ccccc1)c1ccc2c(c1)sc1c(-c3nc4ccccc4n3-c3ccc(F)c(-c4ccccc4)c3)cccc12. The third kappa shape index (κ3) is 4.25. The van der Waals surface area contributed by atoms with Crippen molar-refractivity contribution in [2.75, 3.05) is 0 Å². The maximum Gasteiger partial charge on any atom is 0.147 e. The molecular weight excluding hydrogens is 560 g/mol. The Bertz CT molecular complexity index is 2310. The van der Waals surface area contributed by atoms with Gasteiger partial charge in [0.1, 0.15) is 11.6 Å². The van der Waals surface area contributed by atoms with Gasteiger partial charge in [0, 0.05) is 42.4 Å². The standard InChI is InChI=1S/C40H29FN2S/c1-40(2,27-14-7-4-8-15-27)28-20-22-30-31-16-11-17-32(38(31)44-37(30)24-28)39-42-35-18-9-10-19-36(35)43(39)29-21-23-34(41)33(25-29)26-12-5-3-6-13-26/h3-25H,1-2H3. The number of para-hydroxylation sites is 2. The molecule has 0 fully saturated rings. The molecule has 0 unspecified atom stereocenters. The van der Waals surface area contributed by atoms with Crippen LogP contribution >= 0.6 is 11.3 Å². The third-order valence-electron chi connectivity index (χ3n) is 8.81. The molecule has 8 rings (SSSR count). The number of benzene rings is 6. The molecule has 2 heterocycles. The molecule has 0 atom stereocenters. The van der Waals surface area contributed by atoms with Crippen LogP contribution in [0.15, 0.2) is 140 Å². The van der Waals surface area contributed by atoms with E-state index in [1.165, 1.54) is 31.3 Å². The van der Waals surface area contributed by atoms with E-state index >= 15 is 4.39 Å². The number of rotatable bonds is 5. The van der Waals surface area contributed by atoms with Crippen LogP contribution in [-0.4, -0.2) is 9.55 Å². The minimum absolute atomic E-state index is 0.124. The van der Waals surface area contributed by atoms with Crippen LogP contribution in [0.3, 0.4) is 0 Å². The van der Waals surface area contributed by atoms with Crippen LogP contribution in [0.25, 0.3) is 59.4 Å². The van der Waals surface area contributed by atoms with Gasteiger partial charge >= 0.3 is 0 Å². The smallest absolute Gasteiger partial charge is 0.147 e. The summed E-state index contributed by atoms with van der Waals surface area (Å²) in [6, 6.07) is 47.3. The largest absolute Gasteiger partial charge is 0.292 e. The fourth-order valence-corrected chi connectivity index (χ4v) is 7.59. The molecule has 0 N–H and O–H groups in total. The minimum Gasteiger partial charge on any atom is -0.292 e. The predicted molar refractivity (Wildman–Crippen MR) is 183 cm³/mol. The number of halogens is 1. The highest BCUT2D eigenvalue weighted by Gasteiger charge is 2.24. The minimum atomic E-state index is -0.244. The molecule has 0 bridgehead atoms. The molecule has 0 spiro atoms. The molecule has 0 saturated carbocycles. The fourth-order valence-electron chi connectivity index (χ4n) is 6.34. The van der Waals surface area contributed by atoms with E-state index in [9.17, 15) is 0 Å². The number of hydrogen-bond acceptors (Lipinski definition) is 2. The number of imidazole rings is 1. The average Bonchev–Trinajstić information content (AvgIpc) is 3.64. The first-order chi connectivity index (χ1) is 21.5. The van der Waals surface area contributed by atoms with E-state index < -0.39 is 0 Å². The predicted octanol–water partition coefficient (Wildman–Crippen LogP) is 11.2. The van der Waals surface area contributed by atoms with Crippen molar-refractivity contribution in [3.05, 3.63) is 156 Å². The molecule has 2 nitrogen and oxygen atoms in total. The van der Waals surface area contributed by atoms with Crippen molar-refractivity contribution in [2.24, 2.45) is 0 Å². The van der Waals surface area contributed by atoms with Crippen LogP contribution in [0.2, 0.25) is 0 Å². The molecule has 8 aromatic rings. The van der Waals surface area contributed by atoms with Gasteiger partial charge in [-0.2, -0.15) is 0 Å². The fraction of sp³-hybridized carbons (Fsp3) is 0.0750. The van der Waals surface area contributed by atoms with Gasteiger partial charge in [-0.05, 0) is 59.2 Å². The molecule has 44 heavy (non-hydrogen) atoms. The van der Waals surface area contributed by atoms with Crippen LogP contribution in [0.1, 0.15) is 25.0 Å². The zero-order valence-corrected chi connectivity index (χ0v) is 25.3. The Balaban J connectivity index is 1.34. The maximum absolute atomic E-state index is 15.2. The second-order valence-corrected chi connectivity index (χ2v) is 12.8. The molecule has 0 aliphatic carbocycles. The van der Waals surface area contributed by atoms with Crippen molar-refractivity contribution in [3.8, 4) is 28.2 Å². The first kappa shape index (κ1) is 26.6. The summed E-state index contributed by atoms with van der Waals surface area (Å²) in [6.45, 7) is 4.58. The van der Waals surface area contributed by atoms with E-state index in [2.05, 4.69) is 91.2 Å². The van der Waals surface area contributed by atoms with E-state index in [1.807, 2.05) is 72.0 Å². The molecule has 4 heteroatoms. The molecule has 0 amide bonds. The quantitative estimate of drug-likeness (QED) is 0.196. The molecule has 0 saturated heterocycles. The first-order valence-corrected chi connectivity index (χ1v) is 15.7. The summed E-state index contributed by atoms with van der Waals surface area (Å²) in [5.41, 5.74) is 7.70. The van der Waals surface area contributed by atoms with Crippen molar-refractivity contribution in [1.82, 2.24) is 9.55 Å². The van der Waals surface area contributed by atoms with Crippen molar-refractivity contribution in [2.45, 2.75) is 19.3 Å². The van der Waals surface area contributed by atoms with E-state index in [-0.39, 0.29) is 11.2 Å². The zero-order chi connectivity index (χ0) is 29.8. The second-order valence-electron chi connectivity index (χ2n) is 11.8. The lowest BCUT2D eigenvalue weighted by atomic mass is 9.78. The Morgan fingerprint density at radius 1 is 0.636 bits per heavy atom. The van der Waals surface area contributed by atoms with Crippen LogP contribution in [0.4, 0.5) is 4.39 Å². The molecule has 212 valence electrons. The summed E-state index contributed by atoms with van der Waals surface area (Å²) in [6.07, 6.45) is 0. The first-order valence-electron chi connectivity index (χ1n) is 14.8. The van der Waals surface area contributed by atoms with Crippen LogP contribution < -0.4 is 0 Å². The number of aromatic nitrogens is 2. The van der Waals surface area contributed by atoms with Gasteiger partial charge in [-0.25, -0.2) is 9.37 Å². The van der Waals surface area contributed by atoms with Crippen molar-refractivity contribution >= 4 is 42.5 Å². The van der Waals surface area contributed by atoms with E-state index in [1.54, 1.807) is 6.07 Å². The Kier molecular flexibility index (Phi) is 6.21. The summed E-state index contributed by atoms with van der Waals surface area (Å²) in [5, 5.41) is 2.46. The summed E-state index contributed by atoms with van der Waals surface area (Å²) in [7, 11) is 0. The summed E-state index contributed by atoms with van der Waals surface area (Å²) in [4.78, 5) is 5.18. The Hall–Kier alpha value is -5.06. The third-order valence-corrected chi connectivity index (χ3v) is 10.0. The highest BCUT2D eigenvalue weighted by Crippen LogP contribution is 2.43. The lowest BCUT2D eigenvalue weighted by molar-refractivity contribution is 0.631. The van der Waals surface area contributed by atoms with Gasteiger partial charge in [0.15, 0.2) is 0 Å².